The zero-order valence-corrected chi connectivity index (χ0v) is 17.2. The highest BCUT2D eigenvalue weighted by atomic mass is 35.5. The largest absolute Gasteiger partial charge is 0.346 e. The number of amides is 1. The molecule has 0 aliphatic carbocycles. The van der Waals surface area contributed by atoms with Gasteiger partial charge in [0.05, 0.1) is 5.69 Å². The van der Waals surface area contributed by atoms with E-state index in [-0.39, 0.29) is 24.1 Å². The zero-order chi connectivity index (χ0) is 19.1. The highest BCUT2D eigenvalue weighted by Gasteiger charge is 2.23. The third kappa shape index (κ3) is 6.31. The Labute approximate surface area is 172 Å². The number of unbranched alkanes of at least 4 members (excludes halogenated alkanes) is 2. The molecule has 1 saturated heterocycles. The molecule has 154 valence electrons. The lowest BCUT2D eigenvalue weighted by atomic mass is 9.96. The van der Waals surface area contributed by atoms with Gasteiger partial charge in [0.15, 0.2) is 0 Å². The van der Waals surface area contributed by atoms with Crippen molar-refractivity contribution in [2.45, 2.75) is 38.5 Å². The van der Waals surface area contributed by atoms with E-state index in [1.54, 1.807) is 12.1 Å². The van der Waals surface area contributed by atoms with E-state index < -0.39 is 0 Å². The first kappa shape index (κ1) is 22.4. The number of aromatic nitrogens is 2. The van der Waals surface area contributed by atoms with Crippen molar-refractivity contribution in [2.24, 2.45) is 5.92 Å². The molecule has 2 aromatic rings. The maximum atomic E-state index is 13.0. The smallest absolute Gasteiger partial charge is 0.225 e. The van der Waals surface area contributed by atoms with Gasteiger partial charge in [0.2, 0.25) is 5.91 Å². The number of piperidine rings is 1. The molecular formula is C21H30ClFN4O. The number of aromatic amines is 1. The molecule has 0 bridgehead atoms. The van der Waals surface area contributed by atoms with Gasteiger partial charge in [-0.1, -0.05) is 6.42 Å². The maximum absolute atomic E-state index is 13.0. The van der Waals surface area contributed by atoms with Crippen LogP contribution in [0.3, 0.4) is 0 Å². The predicted octanol–water partition coefficient (Wildman–Crippen LogP) is 3.81. The Kier molecular flexibility index (Phi) is 8.93. The Morgan fingerprint density at radius 2 is 1.89 bits per heavy atom. The van der Waals surface area contributed by atoms with Gasteiger partial charge in [0.1, 0.15) is 5.82 Å². The Hall–Kier alpha value is -1.92. The van der Waals surface area contributed by atoms with Crippen LogP contribution >= 0.6 is 12.4 Å². The first-order valence-corrected chi connectivity index (χ1v) is 9.89. The second-order valence-corrected chi connectivity index (χ2v) is 7.38. The summed E-state index contributed by atoms with van der Waals surface area (Å²) < 4.78 is 13.0. The molecule has 5 nitrogen and oxygen atoms in total. The number of rotatable bonds is 8. The molecule has 28 heavy (non-hydrogen) atoms. The maximum Gasteiger partial charge on any atom is 0.225 e. The molecule has 1 aliphatic heterocycles. The van der Waals surface area contributed by atoms with Crippen LogP contribution in [0.25, 0.3) is 11.3 Å². The molecule has 3 rings (SSSR count). The number of nitrogens with one attached hydrogen (secondary N) is 2. The van der Waals surface area contributed by atoms with E-state index in [1.807, 2.05) is 18.0 Å². The number of H-pyrrole nitrogens is 1. The summed E-state index contributed by atoms with van der Waals surface area (Å²) in [4.78, 5) is 14.3. The van der Waals surface area contributed by atoms with Crippen LogP contribution < -0.4 is 5.32 Å². The molecule has 7 heteroatoms. The number of aryl methyl sites for hydroxylation is 1. The van der Waals surface area contributed by atoms with E-state index in [9.17, 15) is 9.18 Å². The van der Waals surface area contributed by atoms with Crippen LogP contribution in [0.4, 0.5) is 4.39 Å². The molecule has 2 heterocycles. The highest BCUT2D eigenvalue weighted by molar-refractivity contribution is 5.85. The monoisotopic (exact) mass is 408 g/mol. The number of nitrogens with zero attached hydrogens (tertiary/aromatic N) is 2. The van der Waals surface area contributed by atoms with Gasteiger partial charge in [-0.05, 0) is 75.5 Å². The third-order valence-corrected chi connectivity index (χ3v) is 5.28. The minimum absolute atomic E-state index is 0. The molecular weight excluding hydrogens is 379 g/mol. The minimum Gasteiger partial charge on any atom is -0.346 e. The van der Waals surface area contributed by atoms with Crippen LogP contribution in [0.1, 0.15) is 37.8 Å². The van der Waals surface area contributed by atoms with E-state index in [1.165, 1.54) is 12.1 Å². The van der Waals surface area contributed by atoms with Crippen LogP contribution in [0, 0.1) is 11.7 Å². The van der Waals surface area contributed by atoms with Gasteiger partial charge in [0.25, 0.3) is 0 Å². The molecule has 0 atom stereocenters. The summed E-state index contributed by atoms with van der Waals surface area (Å²) in [6.45, 7) is 2.73. The van der Waals surface area contributed by atoms with E-state index >= 15 is 0 Å². The molecule has 1 aromatic carbocycles. The standard InChI is InChI=1S/C21H29FN4O.ClH/c1-26(21(27)17-10-12-23-13-11-17)14-4-2-3-5-19-15-20(25-24-19)16-6-8-18(22)9-7-16;/h6-9,15,17,23H,2-5,10-14H2,1H3,(H,24,25);1H. The van der Waals surface area contributed by atoms with Crippen molar-refractivity contribution in [2.75, 3.05) is 26.7 Å². The van der Waals surface area contributed by atoms with Gasteiger partial charge in [-0.15, -0.1) is 12.4 Å². The Balaban J connectivity index is 0.00000280. The predicted molar refractivity (Wildman–Crippen MR) is 112 cm³/mol. The van der Waals surface area contributed by atoms with E-state index in [0.29, 0.717) is 5.91 Å². The van der Waals surface area contributed by atoms with Crippen LogP contribution in [-0.4, -0.2) is 47.7 Å². The van der Waals surface area contributed by atoms with Crippen molar-refractivity contribution >= 4 is 18.3 Å². The topological polar surface area (TPSA) is 61.0 Å². The molecule has 0 spiro atoms. The van der Waals surface area contributed by atoms with Crippen molar-refractivity contribution in [3.8, 4) is 11.3 Å². The van der Waals surface area contributed by atoms with E-state index in [2.05, 4.69) is 15.5 Å². The molecule has 2 N–H and O–H groups in total. The first-order chi connectivity index (χ1) is 13.1. The highest BCUT2D eigenvalue weighted by Crippen LogP contribution is 2.19. The lowest BCUT2D eigenvalue weighted by Gasteiger charge is -2.26. The fraction of sp³-hybridized carbons (Fsp3) is 0.524. The summed E-state index contributed by atoms with van der Waals surface area (Å²) in [5.74, 6) is 0.262. The van der Waals surface area contributed by atoms with Crippen molar-refractivity contribution in [3.05, 3.63) is 41.8 Å². The number of benzene rings is 1. The fourth-order valence-electron chi connectivity index (χ4n) is 3.59. The number of hydrogen-bond acceptors (Lipinski definition) is 3. The SMILES string of the molecule is CN(CCCCCc1cc(-c2ccc(F)cc2)n[nH]1)C(=O)C1CCNCC1.Cl. The molecule has 0 unspecified atom stereocenters. The number of carbonyl (C=O) groups excluding carboxylic acids is 1. The summed E-state index contributed by atoms with van der Waals surface area (Å²) in [6, 6.07) is 8.41. The Morgan fingerprint density at radius 3 is 2.61 bits per heavy atom. The second kappa shape index (κ2) is 11.2. The van der Waals surface area contributed by atoms with Crippen LogP contribution in [0.5, 0.6) is 0 Å². The quantitative estimate of drug-likeness (QED) is 0.653. The molecule has 0 saturated carbocycles. The Bertz CT molecular complexity index is 728. The van der Waals surface area contributed by atoms with Gasteiger partial charge in [-0.3, -0.25) is 9.89 Å². The van der Waals surface area contributed by atoms with Crippen molar-refractivity contribution in [1.29, 1.82) is 0 Å². The van der Waals surface area contributed by atoms with Crippen molar-refractivity contribution in [1.82, 2.24) is 20.4 Å². The number of carbonyl (C=O) groups is 1. The Morgan fingerprint density at radius 1 is 1.18 bits per heavy atom. The fourth-order valence-corrected chi connectivity index (χ4v) is 3.59. The summed E-state index contributed by atoms with van der Waals surface area (Å²) >= 11 is 0. The lowest BCUT2D eigenvalue weighted by molar-refractivity contribution is -0.135. The summed E-state index contributed by atoms with van der Waals surface area (Å²) in [7, 11) is 1.92. The summed E-state index contributed by atoms with van der Waals surface area (Å²) in [5, 5.41) is 10.7. The van der Waals surface area contributed by atoms with Crippen molar-refractivity contribution in [3.63, 3.8) is 0 Å². The normalized spacial score (nSPS) is 14.5. The molecule has 1 fully saturated rings. The zero-order valence-electron chi connectivity index (χ0n) is 16.4. The third-order valence-electron chi connectivity index (χ3n) is 5.28. The van der Waals surface area contributed by atoms with Gasteiger partial charge in [-0.2, -0.15) is 5.10 Å². The molecule has 0 radical (unpaired) electrons. The van der Waals surface area contributed by atoms with Gasteiger partial charge >= 0.3 is 0 Å². The number of hydrogen-bond donors (Lipinski definition) is 2. The van der Waals surface area contributed by atoms with Crippen LogP contribution in [0.15, 0.2) is 30.3 Å². The summed E-state index contributed by atoms with van der Waals surface area (Å²) in [5.41, 5.74) is 2.85. The van der Waals surface area contributed by atoms with Gasteiger partial charge < -0.3 is 10.2 Å². The molecule has 1 amide bonds. The molecule has 1 aromatic heterocycles. The number of halogens is 2. The van der Waals surface area contributed by atoms with Crippen LogP contribution in [0.2, 0.25) is 0 Å². The molecule has 1 aliphatic rings. The van der Waals surface area contributed by atoms with E-state index in [4.69, 9.17) is 0 Å². The first-order valence-electron chi connectivity index (χ1n) is 9.89. The minimum atomic E-state index is -0.238. The summed E-state index contributed by atoms with van der Waals surface area (Å²) in [6.07, 6.45) is 6.00. The van der Waals surface area contributed by atoms with Gasteiger partial charge in [-0.25, -0.2) is 4.39 Å². The second-order valence-electron chi connectivity index (χ2n) is 7.38. The van der Waals surface area contributed by atoms with Crippen LogP contribution in [-0.2, 0) is 11.2 Å². The van der Waals surface area contributed by atoms with Gasteiger partial charge in [0, 0.05) is 30.8 Å². The average molecular weight is 409 g/mol. The average Bonchev–Trinajstić information content (AvgIpc) is 3.17. The van der Waals surface area contributed by atoms with Crippen molar-refractivity contribution < 1.29 is 9.18 Å². The lowest BCUT2D eigenvalue weighted by Crippen LogP contribution is -2.39. The van der Waals surface area contributed by atoms with E-state index in [0.717, 1.165) is 75.1 Å².